The molecule has 11 heteroatoms. The molecule has 4 unspecified atom stereocenters. The highest BCUT2D eigenvalue weighted by atomic mass is 32.2. The van der Waals surface area contributed by atoms with Gasteiger partial charge in [0.15, 0.2) is 11.6 Å². The molecule has 3 aliphatic rings. The number of hydrogen-bond acceptors (Lipinski definition) is 9. The van der Waals surface area contributed by atoms with Crippen molar-refractivity contribution in [3.63, 3.8) is 0 Å². The summed E-state index contributed by atoms with van der Waals surface area (Å²) in [6.45, 7) is 28.2. The molecule has 75 heavy (non-hydrogen) atoms. The molecule has 4 aromatic heterocycles. The summed E-state index contributed by atoms with van der Waals surface area (Å²) in [7, 11) is 0. The van der Waals surface area contributed by atoms with Gasteiger partial charge in [-0.2, -0.15) is 8.75 Å². The summed E-state index contributed by atoms with van der Waals surface area (Å²) in [4.78, 5) is 6.01. The third-order valence-corrected chi connectivity index (χ3v) is 22.3. The highest BCUT2D eigenvalue weighted by Crippen LogP contribution is 2.60. The van der Waals surface area contributed by atoms with Crippen molar-refractivity contribution in [3.8, 4) is 36.4 Å². The summed E-state index contributed by atoms with van der Waals surface area (Å²) in [6.07, 6.45) is 23.5. The van der Waals surface area contributed by atoms with Crippen LogP contribution in [-0.4, -0.2) is 14.5 Å². The van der Waals surface area contributed by atoms with Crippen LogP contribution < -0.4 is 4.74 Å². The fraction of sp³-hybridized carbons (Fsp3) is 0.688. The zero-order chi connectivity index (χ0) is 53.6. The number of allylic oxidation sites excluding steroid dienone is 1. The van der Waals surface area contributed by atoms with Crippen LogP contribution in [0.25, 0.3) is 46.6 Å². The molecule has 0 spiro atoms. The van der Waals surface area contributed by atoms with Crippen molar-refractivity contribution in [2.24, 2.45) is 47.3 Å². The molecule has 8 rings (SSSR count). The van der Waals surface area contributed by atoms with E-state index in [9.17, 15) is 0 Å². The highest BCUT2D eigenvalue weighted by Gasteiger charge is 2.47. The van der Waals surface area contributed by atoms with Crippen LogP contribution in [0.15, 0.2) is 29.3 Å². The van der Waals surface area contributed by atoms with Crippen molar-refractivity contribution in [1.82, 2.24) is 8.75 Å². The summed E-state index contributed by atoms with van der Waals surface area (Å²) in [5.41, 5.74) is 2.55. The second-order valence-electron chi connectivity index (χ2n) is 25.6. The lowest BCUT2D eigenvalue weighted by Crippen LogP contribution is -2.36. The van der Waals surface area contributed by atoms with Crippen molar-refractivity contribution >= 4 is 73.4 Å². The van der Waals surface area contributed by atoms with Gasteiger partial charge in [-0.1, -0.05) is 160 Å². The van der Waals surface area contributed by atoms with Crippen LogP contribution in [0.2, 0.25) is 0 Å². The van der Waals surface area contributed by atoms with Crippen LogP contribution >= 0.6 is 57.5 Å². The van der Waals surface area contributed by atoms with E-state index in [1.54, 1.807) is 34.0 Å². The van der Waals surface area contributed by atoms with Gasteiger partial charge in [0, 0.05) is 33.1 Å². The van der Waals surface area contributed by atoms with Crippen molar-refractivity contribution in [2.75, 3.05) is 5.75 Å². The van der Waals surface area contributed by atoms with Gasteiger partial charge in [-0.3, -0.25) is 0 Å². The maximum absolute atomic E-state index is 17.8. The predicted octanol–water partition coefficient (Wildman–Crippen LogP) is 22.7. The fourth-order valence-electron chi connectivity index (χ4n) is 12.3. The van der Waals surface area contributed by atoms with Crippen LogP contribution in [0.3, 0.4) is 0 Å². The van der Waals surface area contributed by atoms with Crippen LogP contribution in [0.5, 0.6) is 5.75 Å². The van der Waals surface area contributed by atoms with E-state index < -0.39 is 22.8 Å². The summed E-state index contributed by atoms with van der Waals surface area (Å²) in [6, 6.07) is 6.48. The van der Waals surface area contributed by atoms with Gasteiger partial charge in [-0.15, -0.1) is 45.8 Å². The number of rotatable bonds is 30. The third kappa shape index (κ3) is 14.0. The Labute approximate surface area is 472 Å². The smallest absolute Gasteiger partial charge is 0.170 e. The first kappa shape index (κ1) is 58.8. The van der Waals surface area contributed by atoms with Crippen molar-refractivity contribution in [3.05, 3.63) is 57.0 Å². The summed E-state index contributed by atoms with van der Waals surface area (Å²) in [5.74, 6) is 6.38. The molecule has 0 saturated carbocycles. The Morgan fingerprint density at radius 1 is 0.520 bits per heavy atom. The first-order chi connectivity index (χ1) is 35.9. The Balaban J connectivity index is 1.18. The number of thioether (sulfide) groups is 1. The molecule has 5 aromatic rings. The predicted molar refractivity (Wildman–Crippen MR) is 325 cm³/mol. The molecular weight excluding hydrogens is 1030 g/mol. The van der Waals surface area contributed by atoms with E-state index >= 15 is 8.78 Å². The number of ether oxygens (including phenoxy) is 2. The number of nitrogens with zero attached hydrogens (tertiary/aromatic N) is 2. The van der Waals surface area contributed by atoms with E-state index in [0.717, 1.165) is 113 Å². The van der Waals surface area contributed by atoms with Crippen LogP contribution in [0.4, 0.5) is 8.78 Å². The number of thiophene rings is 3. The van der Waals surface area contributed by atoms with Crippen molar-refractivity contribution in [2.45, 2.75) is 229 Å². The van der Waals surface area contributed by atoms with E-state index in [1.165, 1.54) is 86.8 Å². The molecule has 4 atom stereocenters. The lowest BCUT2D eigenvalue weighted by Gasteiger charge is -2.40. The zero-order valence-electron chi connectivity index (χ0n) is 48.0. The van der Waals surface area contributed by atoms with Crippen LogP contribution in [-0.2, 0) is 15.9 Å². The number of fused-ring (bicyclic) bond motifs is 6. The van der Waals surface area contributed by atoms with Gasteiger partial charge in [0.2, 0.25) is 0 Å². The van der Waals surface area contributed by atoms with Crippen LogP contribution in [0.1, 0.15) is 234 Å². The number of halogens is 2. The van der Waals surface area contributed by atoms with Gasteiger partial charge in [0.1, 0.15) is 33.7 Å². The van der Waals surface area contributed by atoms with E-state index in [4.69, 9.17) is 18.2 Å². The first-order valence-corrected chi connectivity index (χ1v) is 33.9. The highest BCUT2D eigenvalue weighted by molar-refractivity contribution is 8.08. The average molecular weight is 1120 g/mol. The second-order valence-corrected chi connectivity index (χ2v) is 30.2. The molecular formula is C64H92F2N2O2S5. The second kappa shape index (κ2) is 26.3. The average Bonchev–Trinajstić information content (AvgIpc) is 4.23. The monoisotopic (exact) mass is 1120 g/mol. The molecule has 0 bridgehead atoms. The maximum Gasteiger partial charge on any atom is 0.170 e. The Morgan fingerprint density at radius 3 is 1.37 bits per heavy atom. The molecule has 0 amide bonds. The molecule has 0 N–H and O–H groups in total. The molecule has 1 aromatic carbocycles. The van der Waals surface area contributed by atoms with E-state index in [1.807, 2.05) is 11.8 Å². The maximum atomic E-state index is 17.8. The van der Waals surface area contributed by atoms with Gasteiger partial charge >= 0.3 is 0 Å². The first-order valence-electron chi connectivity index (χ1n) is 29.6. The van der Waals surface area contributed by atoms with Gasteiger partial charge in [-0.25, -0.2) is 8.78 Å². The van der Waals surface area contributed by atoms with Crippen molar-refractivity contribution < 1.29 is 18.3 Å². The standard InChI is InChI=1S/C64H92F2N2O2S5/c1-39(2)17-13-21-43(9)25-31-63(32-26-44(10)22-14-18-40(3)4)47-37-51(73-59(47)61-49(69-63)29-35-71-61)53-55(65)56(66)54(58-57(53)67-75-68-58)52-38-48-60(74-52)62-50(30-36-72-62)70-64(48,33-27-45(11)23-15-19-41(5)6)34-28-46(12)24-16-20-42(7)8/h29,35,37-46H,13-28,30-34,36H2,1-12H3. The minimum atomic E-state index is -0.839. The Kier molecular flexibility index (Phi) is 20.6. The van der Waals surface area contributed by atoms with Gasteiger partial charge in [-0.05, 0) is 122 Å². The summed E-state index contributed by atoms with van der Waals surface area (Å²) in [5, 5.41) is 2.12. The quantitative estimate of drug-likeness (QED) is 0.0458. The Bertz CT molecular complexity index is 2620. The normalized spacial score (nSPS) is 20.0. The molecule has 0 radical (unpaired) electrons. The minimum Gasteiger partial charge on any atom is -0.486 e. The summed E-state index contributed by atoms with van der Waals surface area (Å²) < 4.78 is 60.0. The third-order valence-electron chi connectivity index (χ3n) is 17.1. The Hall–Kier alpha value is -2.31. The molecule has 7 heterocycles. The number of aromatic nitrogens is 2. The van der Waals surface area contributed by atoms with Crippen molar-refractivity contribution in [1.29, 1.82) is 0 Å². The van der Waals surface area contributed by atoms with Gasteiger partial charge in [0.05, 0.1) is 42.4 Å². The zero-order valence-corrected chi connectivity index (χ0v) is 52.1. The summed E-state index contributed by atoms with van der Waals surface area (Å²) >= 11 is 7.79. The van der Waals surface area contributed by atoms with Gasteiger partial charge < -0.3 is 9.47 Å². The molecule has 0 aliphatic carbocycles. The fourth-order valence-corrected chi connectivity index (χ4v) is 17.7. The van der Waals surface area contributed by atoms with E-state index in [0.29, 0.717) is 63.3 Å². The molecule has 0 saturated heterocycles. The lowest BCUT2D eigenvalue weighted by molar-refractivity contribution is -0.0313. The molecule has 4 nitrogen and oxygen atoms in total. The van der Waals surface area contributed by atoms with E-state index in [2.05, 4.69) is 107 Å². The topological polar surface area (TPSA) is 44.2 Å². The molecule has 414 valence electrons. The molecule has 3 aliphatic heterocycles. The number of benzene rings is 1. The van der Waals surface area contributed by atoms with Crippen LogP contribution in [0, 0.1) is 59.0 Å². The largest absolute Gasteiger partial charge is 0.486 e. The van der Waals surface area contributed by atoms with Gasteiger partial charge in [0.25, 0.3) is 0 Å². The SMILES string of the molecule is CC(C)CCCC(C)CCC1(CCC(C)CCCC(C)C)OC2=C(SCC2)c2sc(-c3c(F)c(F)c(-c4cc5c(s4)-c4sccc4OC5(CCC(C)CCCC(C)C)CCC(C)CCCC(C)C)c4nsnc34)cc21. The lowest BCUT2D eigenvalue weighted by atomic mass is 9.78. The molecule has 0 fully saturated rings. The number of hydrogen-bond donors (Lipinski definition) is 0. The van der Waals surface area contributed by atoms with E-state index in [-0.39, 0.29) is 11.1 Å². The minimum absolute atomic E-state index is 0.226. The Morgan fingerprint density at radius 2 is 0.933 bits per heavy atom.